The summed E-state index contributed by atoms with van der Waals surface area (Å²) < 4.78 is 29.1. The molecule has 1 aliphatic carbocycles. The number of likely N-dealkylation sites (N-methyl/N-ethyl adjacent to an activating group) is 1. The number of hydrogen-bond donors (Lipinski definition) is 2. The molecule has 0 atom stereocenters. The molecule has 1 heterocycles. The Labute approximate surface area is 127 Å². The van der Waals surface area contributed by atoms with Gasteiger partial charge in [0.15, 0.2) is 0 Å². The summed E-state index contributed by atoms with van der Waals surface area (Å²) in [6.07, 6.45) is 4.15. The summed E-state index contributed by atoms with van der Waals surface area (Å²) in [5.41, 5.74) is 0.950. The Kier molecular flexibility index (Phi) is 5.43. The topological polar surface area (TPSA) is 66.4 Å². The van der Waals surface area contributed by atoms with E-state index in [1.807, 2.05) is 18.7 Å². The Morgan fingerprint density at radius 3 is 2.71 bits per heavy atom. The van der Waals surface area contributed by atoms with Crippen molar-refractivity contribution < 1.29 is 8.42 Å². The first-order valence-electron chi connectivity index (χ1n) is 7.51. The highest BCUT2D eigenvalue weighted by atomic mass is 32.2. The van der Waals surface area contributed by atoms with Crippen LogP contribution in [-0.4, -0.2) is 50.6 Å². The molecule has 0 radical (unpaired) electrons. The van der Waals surface area contributed by atoms with E-state index in [1.165, 1.54) is 12.8 Å². The highest BCUT2D eigenvalue weighted by molar-refractivity contribution is 7.89. The van der Waals surface area contributed by atoms with Gasteiger partial charge < -0.3 is 9.88 Å². The summed E-state index contributed by atoms with van der Waals surface area (Å²) in [6, 6.07) is 2.38. The maximum absolute atomic E-state index is 12.3. The van der Waals surface area contributed by atoms with E-state index in [1.54, 1.807) is 12.3 Å². The lowest BCUT2D eigenvalue weighted by Gasteiger charge is -2.19. The number of nitrogens with zero attached hydrogens (tertiary/aromatic N) is 2. The first kappa shape index (κ1) is 16.5. The molecule has 0 saturated heterocycles. The van der Waals surface area contributed by atoms with E-state index in [4.69, 9.17) is 0 Å². The number of aromatic nitrogens is 1. The van der Waals surface area contributed by atoms with Crippen molar-refractivity contribution >= 4 is 10.0 Å². The molecule has 0 bridgehead atoms. The minimum atomic E-state index is -3.41. The highest BCUT2D eigenvalue weighted by Crippen LogP contribution is 2.25. The number of rotatable bonds is 9. The van der Waals surface area contributed by atoms with E-state index < -0.39 is 10.0 Å². The first-order valence-corrected chi connectivity index (χ1v) is 8.99. The summed E-state index contributed by atoms with van der Waals surface area (Å²) in [5.74, 6) is 0. The maximum Gasteiger partial charge on any atom is 0.242 e. The van der Waals surface area contributed by atoms with E-state index in [0.29, 0.717) is 24.0 Å². The summed E-state index contributed by atoms with van der Waals surface area (Å²) >= 11 is 0. The van der Waals surface area contributed by atoms with Crippen LogP contribution in [0.15, 0.2) is 17.2 Å². The van der Waals surface area contributed by atoms with Crippen LogP contribution in [-0.2, 0) is 23.6 Å². The van der Waals surface area contributed by atoms with Gasteiger partial charge in [0.1, 0.15) is 0 Å². The Morgan fingerprint density at radius 2 is 2.14 bits per heavy atom. The zero-order valence-electron chi connectivity index (χ0n) is 13.1. The number of hydrogen-bond acceptors (Lipinski definition) is 4. The Morgan fingerprint density at radius 1 is 1.43 bits per heavy atom. The highest BCUT2D eigenvalue weighted by Gasteiger charge is 2.27. The minimum absolute atomic E-state index is 0.338. The van der Waals surface area contributed by atoms with Crippen LogP contribution >= 0.6 is 0 Å². The molecule has 0 aliphatic heterocycles. The molecule has 1 aromatic rings. The van der Waals surface area contributed by atoms with Gasteiger partial charge in [-0.3, -0.25) is 4.90 Å². The Balaban J connectivity index is 1.93. The predicted octanol–water partition coefficient (Wildman–Crippen LogP) is 0.507. The van der Waals surface area contributed by atoms with Crippen LogP contribution in [0, 0.1) is 0 Å². The molecule has 7 heteroatoms. The van der Waals surface area contributed by atoms with Gasteiger partial charge in [-0.15, -0.1) is 0 Å². The number of nitrogens with one attached hydrogen (secondary N) is 2. The van der Waals surface area contributed by atoms with Crippen molar-refractivity contribution in [1.29, 1.82) is 0 Å². The van der Waals surface area contributed by atoms with Crippen molar-refractivity contribution in [3.8, 4) is 0 Å². The molecule has 0 aromatic carbocycles. The van der Waals surface area contributed by atoms with Gasteiger partial charge in [-0.25, -0.2) is 13.1 Å². The Bertz CT molecular complexity index is 564. The molecule has 1 aliphatic rings. The van der Waals surface area contributed by atoms with Crippen molar-refractivity contribution in [3.05, 3.63) is 18.0 Å². The summed E-state index contributed by atoms with van der Waals surface area (Å²) in [7, 11) is 0.288. The standard InChI is InChI=1S/C14H26N4O2S/c1-4-18(12-5-6-12)8-7-16-21(19,20)14-9-13(10-15-2)17(3)11-14/h9,11-12,15-16H,4-8,10H2,1-3H3. The summed E-state index contributed by atoms with van der Waals surface area (Å²) in [6.45, 7) is 4.98. The predicted molar refractivity (Wildman–Crippen MR) is 83.6 cm³/mol. The number of aryl methyl sites for hydroxylation is 1. The summed E-state index contributed by atoms with van der Waals surface area (Å²) in [5, 5.41) is 3.03. The maximum atomic E-state index is 12.3. The molecule has 1 fully saturated rings. The van der Waals surface area contributed by atoms with Gasteiger partial charge in [-0.05, 0) is 32.5 Å². The van der Waals surface area contributed by atoms with Gasteiger partial charge >= 0.3 is 0 Å². The summed E-state index contributed by atoms with van der Waals surface area (Å²) in [4.78, 5) is 2.67. The smallest absolute Gasteiger partial charge is 0.242 e. The van der Waals surface area contributed by atoms with Gasteiger partial charge in [0.05, 0.1) is 4.90 Å². The zero-order chi connectivity index (χ0) is 15.5. The average molecular weight is 314 g/mol. The minimum Gasteiger partial charge on any atom is -0.352 e. The van der Waals surface area contributed by atoms with Crippen LogP contribution in [0.4, 0.5) is 0 Å². The molecule has 6 nitrogen and oxygen atoms in total. The molecule has 2 N–H and O–H groups in total. The van der Waals surface area contributed by atoms with Crippen LogP contribution in [0.2, 0.25) is 0 Å². The van der Waals surface area contributed by atoms with E-state index in [2.05, 4.69) is 21.9 Å². The van der Waals surface area contributed by atoms with Crippen LogP contribution in [0.5, 0.6) is 0 Å². The Hall–Kier alpha value is -0.890. The van der Waals surface area contributed by atoms with E-state index in [9.17, 15) is 8.42 Å². The average Bonchev–Trinajstić information content (AvgIpc) is 3.20. The normalized spacial score (nSPS) is 15.8. The molecule has 0 amide bonds. The van der Waals surface area contributed by atoms with Crippen molar-refractivity contribution in [2.24, 2.45) is 7.05 Å². The second kappa shape index (κ2) is 6.91. The van der Waals surface area contributed by atoms with Crippen LogP contribution < -0.4 is 10.0 Å². The van der Waals surface area contributed by atoms with Gasteiger partial charge in [0, 0.05) is 44.6 Å². The molecule has 2 rings (SSSR count). The second-order valence-corrected chi connectivity index (χ2v) is 7.33. The third kappa shape index (κ3) is 4.29. The second-order valence-electron chi connectivity index (χ2n) is 5.57. The fraction of sp³-hybridized carbons (Fsp3) is 0.714. The van der Waals surface area contributed by atoms with Gasteiger partial charge in [0.2, 0.25) is 10.0 Å². The molecule has 1 aromatic heterocycles. The van der Waals surface area contributed by atoms with E-state index in [-0.39, 0.29) is 0 Å². The lowest BCUT2D eigenvalue weighted by Crippen LogP contribution is -2.36. The molecule has 0 spiro atoms. The van der Waals surface area contributed by atoms with Crippen molar-refractivity contribution in [2.75, 3.05) is 26.7 Å². The molecule has 1 saturated carbocycles. The quantitative estimate of drug-likeness (QED) is 0.697. The van der Waals surface area contributed by atoms with Crippen LogP contribution in [0.1, 0.15) is 25.5 Å². The monoisotopic (exact) mass is 314 g/mol. The van der Waals surface area contributed by atoms with Crippen LogP contribution in [0.3, 0.4) is 0 Å². The fourth-order valence-corrected chi connectivity index (χ4v) is 3.64. The SMILES string of the molecule is CCN(CCNS(=O)(=O)c1cc(CNC)n(C)c1)C1CC1. The molecule has 120 valence electrons. The largest absolute Gasteiger partial charge is 0.352 e. The first-order chi connectivity index (χ1) is 9.97. The fourth-order valence-electron chi connectivity index (χ4n) is 2.53. The van der Waals surface area contributed by atoms with Crippen LogP contribution in [0.25, 0.3) is 0 Å². The van der Waals surface area contributed by atoms with Gasteiger partial charge in [-0.1, -0.05) is 6.92 Å². The third-order valence-corrected chi connectivity index (χ3v) is 5.34. The van der Waals surface area contributed by atoms with Gasteiger partial charge in [0.25, 0.3) is 0 Å². The lowest BCUT2D eigenvalue weighted by atomic mass is 10.4. The molecule has 21 heavy (non-hydrogen) atoms. The zero-order valence-corrected chi connectivity index (χ0v) is 13.9. The van der Waals surface area contributed by atoms with E-state index >= 15 is 0 Å². The van der Waals surface area contributed by atoms with Crippen molar-refractivity contribution in [2.45, 2.75) is 37.2 Å². The van der Waals surface area contributed by atoms with Crippen molar-refractivity contribution in [1.82, 2.24) is 19.5 Å². The molecular weight excluding hydrogens is 288 g/mol. The molecule has 0 unspecified atom stereocenters. The third-order valence-electron chi connectivity index (χ3n) is 3.91. The molecular formula is C14H26N4O2S. The van der Waals surface area contributed by atoms with Crippen molar-refractivity contribution in [3.63, 3.8) is 0 Å². The number of sulfonamides is 1. The van der Waals surface area contributed by atoms with Gasteiger partial charge in [-0.2, -0.15) is 0 Å². The van der Waals surface area contributed by atoms with E-state index in [0.717, 1.165) is 18.8 Å². The lowest BCUT2D eigenvalue weighted by molar-refractivity contribution is 0.282.